The topological polar surface area (TPSA) is 83.6 Å². The summed E-state index contributed by atoms with van der Waals surface area (Å²) in [6.07, 6.45) is 3.88. The number of ether oxygens (including phenoxy) is 1. The molecule has 1 aromatic heterocycles. The molecule has 28 heavy (non-hydrogen) atoms. The molecule has 0 radical (unpaired) electrons. The highest BCUT2D eigenvalue weighted by Crippen LogP contribution is 2.32. The zero-order valence-corrected chi connectivity index (χ0v) is 16.2. The van der Waals surface area contributed by atoms with Gasteiger partial charge in [0, 0.05) is 42.9 Å². The van der Waals surface area contributed by atoms with E-state index in [1.807, 2.05) is 12.1 Å². The summed E-state index contributed by atoms with van der Waals surface area (Å²) in [5.74, 6) is 0.669. The smallest absolute Gasteiger partial charge is 0.326 e. The Kier molecular flexibility index (Phi) is 5.78. The van der Waals surface area contributed by atoms with E-state index in [0.29, 0.717) is 24.3 Å². The Morgan fingerprint density at radius 1 is 1.25 bits per heavy atom. The van der Waals surface area contributed by atoms with Crippen molar-refractivity contribution in [2.24, 2.45) is 0 Å². The lowest BCUT2D eigenvalue weighted by molar-refractivity contribution is 0.0858. The molecular formula is C20H22N4O3S. The molecule has 1 saturated heterocycles. The Labute approximate surface area is 167 Å². The number of anilines is 2. The van der Waals surface area contributed by atoms with Gasteiger partial charge in [0.2, 0.25) is 0 Å². The molecule has 0 unspecified atom stereocenters. The molecule has 1 atom stereocenters. The number of rotatable bonds is 4. The fourth-order valence-electron chi connectivity index (χ4n) is 3.27. The Bertz CT molecular complexity index is 853. The third kappa shape index (κ3) is 4.28. The molecule has 0 saturated carbocycles. The predicted molar refractivity (Wildman–Crippen MR) is 109 cm³/mol. The van der Waals surface area contributed by atoms with Crippen LogP contribution in [-0.4, -0.2) is 48.5 Å². The van der Waals surface area contributed by atoms with Crippen molar-refractivity contribution in [3.63, 3.8) is 0 Å². The van der Waals surface area contributed by atoms with Crippen LogP contribution in [0.15, 0.2) is 47.6 Å². The third-order valence-corrected chi connectivity index (χ3v) is 5.73. The summed E-state index contributed by atoms with van der Waals surface area (Å²) in [5, 5.41) is 6.65. The summed E-state index contributed by atoms with van der Waals surface area (Å²) in [4.78, 5) is 31.0. The number of nitrogens with zero attached hydrogens (tertiary/aromatic N) is 2. The lowest BCUT2D eigenvalue weighted by Gasteiger charge is -2.28. The van der Waals surface area contributed by atoms with Crippen molar-refractivity contribution in [1.29, 1.82) is 0 Å². The maximum absolute atomic E-state index is 12.7. The van der Waals surface area contributed by atoms with Crippen molar-refractivity contribution in [2.75, 3.05) is 35.7 Å². The average Bonchev–Trinajstić information content (AvgIpc) is 3.26. The van der Waals surface area contributed by atoms with Gasteiger partial charge in [0.15, 0.2) is 0 Å². The van der Waals surface area contributed by atoms with E-state index in [2.05, 4.69) is 15.6 Å². The SMILES string of the molecule is O=C(NC[C@@H]1CCCO1)c1ccc(NC(=O)N2CCSc3ncccc32)cc1. The summed E-state index contributed by atoms with van der Waals surface area (Å²) in [6, 6.07) is 10.4. The zero-order valence-electron chi connectivity index (χ0n) is 15.4. The van der Waals surface area contributed by atoms with Gasteiger partial charge in [-0.2, -0.15) is 0 Å². The largest absolute Gasteiger partial charge is 0.376 e. The quantitative estimate of drug-likeness (QED) is 0.827. The average molecular weight is 398 g/mol. The first-order chi connectivity index (χ1) is 13.7. The first kappa shape index (κ1) is 18.8. The number of benzene rings is 1. The third-order valence-electron chi connectivity index (χ3n) is 4.75. The van der Waals surface area contributed by atoms with Crippen molar-refractivity contribution >= 4 is 35.1 Å². The number of aromatic nitrogens is 1. The molecule has 0 aliphatic carbocycles. The highest BCUT2D eigenvalue weighted by molar-refractivity contribution is 7.99. The molecule has 1 fully saturated rings. The predicted octanol–water partition coefficient (Wildman–Crippen LogP) is 3.13. The van der Waals surface area contributed by atoms with Crippen LogP contribution in [-0.2, 0) is 4.74 Å². The van der Waals surface area contributed by atoms with Crippen LogP contribution in [0.25, 0.3) is 0 Å². The number of nitrogens with one attached hydrogen (secondary N) is 2. The molecule has 0 spiro atoms. The van der Waals surface area contributed by atoms with Crippen LogP contribution in [0.2, 0.25) is 0 Å². The van der Waals surface area contributed by atoms with Crippen molar-refractivity contribution in [1.82, 2.24) is 10.3 Å². The number of hydrogen-bond acceptors (Lipinski definition) is 5. The molecule has 1 aromatic carbocycles. The second kappa shape index (κ2) is 8.62. The summed E-state index contributed by atoms with van der Waals surface area (Å²) < 4.78 is 5.51. The standard InChI is InChI=1S/C20H22N4O3S/c25-18(22-13-16-3-2-11-27-16)14-5-7-15(8-6-14)23-20(26)24-10-12-28-19-17(24)4-1-9-21-19/h1,4-9,16H,2-3,10-13H2,(H,22,25)(H,23,26)/t16-/m0/s1. The van der Waals surface area contributed by atoms with E-state index in [1.54, 1.807) is 47.1 Å². The van der Waals surface area contributed by atoms with Crippen molar-refractivity contribution in [2.45, 2.75) is 24.0 Å². The van der Waals surface area contributed by atoms with Gasteiger partial charge in [0.05, 0.1) is 11.8 Å². The van der Waals surface area contributed by atoms with E-state index < -0.39 is 0 Å². The molecular weight excluding hydrogens is 376 g/mol. The number of amides is 3. The summed E-state index contributed by atoms with van der Waals surface area (Å²) in [6.45, 7) is 1.92. The van der Waals surface area contributed by atoms with Gasteiger partial charge in [0.25, 0.3) is 5.91 Å². The van der Waals surface area contributed by atoms with Gasteiger partial charge < -0.3 is 15.4 Å². The number of urea groups is 1. The van der Waals surface area contributed by atoms with E-state index in [4.69, 9.17) is 4.74 Å². The zero-order chi connectivity index (χ0) is 19.3. The molecule has 2 N–H and O–H groups in total. The van der Waals surface area contributed by atoms with Gasteiger partial charge in [0.1, 0.15) is 5.03 Å². The Balaban J connectivity index is 1.35. The van der Waals surface area contributed by atoms with Crippen LogP contribution < -0.4 is 15.5 Å². The van der Waals surface area contributed by atoms with Crippen LogP contribution >= 0.6 is 11.8 Å². The Morgan fingerprint density at radius 3 is 2.89 bits per heavy atom. The van der Waals surface area contributed by atoms with Gasteiger partial charge in [-0.15, -0.1) is 11.8 Å². The Hall–Kier alpha value is -2.58. The minimum Gasteiger partial charge on any atom is -0.376 e. The number of hydrogen-bond donors (Lipinski definition) is 2. The highest BCUT2D eigenvalue weighted by Gasteiger charge is 2.23. The molecule has 146 valence electrons. The van der Waals surface area contributed by atoms with Crippen molar-refractivity contribution in [3.05, 3.63) is 48.2 Å². The fourth-order valence-corrected chi connectivity index (χ4v) is 4.20. The number of fused-ring (bicyclic) bond motifs is 1. The number of carbonyl (C=O) groups excluding carboxylic acids is 2. The molecule has 0 bridgehead atoms. The van der Waals surface area contributed by atoms with E-state index in [-0.39, 0.29) is 18.0 Å². The monoisotopic (exact) mass is 398 g/mol. The minimum atomic E-state index is -0.204. The summed E-state index contributed by atoms with van der Waals surface area (Å²) >= 11 is 1.65. The maximum Gasteiger partial charge on any atom is 0.326 e. The van der Waals surface area contributed by atoms with Crippen LogP contribution in [0.3, 0.4) is 0 Å². The molecule has 3 amide bonds. The van der Waals surface area contributed by atoms with Crippen molar-refractivity contribution < 1.29 is 14.3 Å². The fraction of sp³-hybridized carbons (Fsp3) is 0.350. The van der Waals surface area contributed by atoms with Gasteiger partial charge in [-0.25, -0.2) is 9.78 Å². The first-order valence-corrected chi connectivity index (χ1v) is 10.4. The second-order valence-corrected chi connectivity index (χ2v) is 7.76. The van der Waals surface area contributed by atoms with Gasteiger partial charge in [-0.3, -0.25) is 9.69 Å². The Morgan fingerprint density at radius 2 is 2.11 bits per heavy atom. The van der Waals surface area contributed by atoms with Crippen LogP contribution in [0.5, 0.6) is 0 Å². The van der Waals surface area contributed by atoms with Crippen LogP contribution in [0.1, 0.15) is 23.2 Å². The van der Waals surface area contributed by atoms with Gasteiger partial charge in [-0.1, -0.05) is 0 Å². The lowest BCUT2D eigenvalue weighted by atomic mass is 10.2. The summed E-state index contributed by atoms with van der Waals surface area (Å²) in [5.41, 5.74) is 2.02. The van der Waals surface area contributed by atoms with Crippen LogP contribution in [0.4, 0.5) is 16.2 Å². The van der Waals surface area contributed by atoms with E-state index in [0.717, 1.165) is 35.9 Å². The molecule has 2 aliphatic heterocycles. The van der Waals surface area contributed by atoms with Crippen LogP contribution in [0, 0.1) is 0 Å². The van der Waals surface area contributed by atoms with E-state index in [9.17, 15) is 9.59 Å². The van der Waals surface area contributed by atoms with E-state index >= 15 is 0 Å². The molecule has 7 nitrogen and oxygen atoms in total. The molecule has 4 rings (SSSR count). The van der Waals surface area contributed by atoms with Gasteiger partial charge in [-0.05, 0) is 49.2 Å². The van der Waals surface area contributed by atoms with Crippen molar-refractivity contribution in [3.8, 4) is 0 Å². The maximum atomic E-state index is 12.7. The number of pyridine rings is 1. The first-order valence-electron chi connectivity index (χ1n) is 9.37. The summed E-state index contributed by atoms with van der Waals surface area (Å²) in [7, 11) is 0. The van der Waals surface area contributed by atoms with E-state index in [1.165, 1.54) is 0 Å². The van der Waals surface area contributed by atoms with Gasteiger partial charge >= 0.3 is 6.03 Å². The second-order valence-electron chi connectivity index (χ2n) is 6.68. The molecule has 3 heterocycles. The normalized spacial score (nSPS) is 18.4. The molecule has 8 heteroatoms. The lowest BCUT2D eigenvalue weighted by Crippen LogP contribution is -2.38. The number of thioether (sulfide) groups is 1. The molecule has 2 aliphatic rings. The molecule has 2 aromatic rings. The number of carbonyl (C=O) groups is 2. The highest BCUT2D eigenvalue weighted by atomic mass is 32.2. The minimum absolute atomic E-state index is 0.114.